The van der Waals surface area contributed by atoms with Gasteiger partial charge >= 0.3 is 12.1 Å². The van der Waals surface area contributed by atoms with Gasteiger partial charge in [0.25, 0.3) is 0 Å². The molecule has 0 heterocycles. The number of halogens is 3. The molecule has 2 N–H and O–H groups in total. The zero-order valence-electron chi connectivity index (χ0n) is 23.9. The van der Waals surface area contributed by atoms with Gasteiger partial charge in [-0.2, -0.15) is 13.2 Å². The quantitative estimate of drug-likeness (QED) is 0.175. The molecule has 0 bridgehead atoms. The van der Waals surface area contributed by atoms with Crippen LogP contribution in [0.4, 0.5) is 13.2 Å². The monoisotopic (exact) mass is 544 g/mol. The summed E-state index contributed by atoms with van der Waals surface area (Å²) < 4.78 is 37.2. The highest BCUT2D eigenvalue weighted by Crippen LogP contribution is 2.42. The van der Waals surface area contributed by atoms with Gasteiger partial charge in [0.15, 0.2) is 0 Å². The van der Waals surface area contributed by atoms with E-state index < -0.39 is 18.6 Å². The van der Waals surface area contributed by atoms with Crippen molar-refractivity contribution in [3.63, 3.8) is 0 Å². The third-order valence-electron chi connectivity index (χ3n) is 6.82. The summed E-state index contributed by atoms with van der Waals surface area (Å²) in [5.74, 6) is -0.126. The highest BCUT2D eigenvalue weighted by molar-refractivity contribution is 6.02. The Morgan fingerprint density at radius 2 is 1.74 bits per heavy atom. The van der Waals surface area contributed by atoms with Crippen LogP contribution in [0.5, 0.6) is 0 Å². The fourth-order valence-electron chi connectivity index (χ4n) is 4.29. The van der Waals surface area contributed by atoms with Crippen molar-refractivity contribution in [2.45, 2.75) is 84.7 Å². The first-order valence-corrected chi connectivity index (χ1v) is 13.4. The second-order valence-corrected chi connectivity index (χ2v) is 9.84. The van der Waals surface area contributed by atoms with Crippen LogP contribution in [-0.2, 0) is 10.2 Å². The number of carboxylic acids is 1. The number of aliphatic imine (C=N–C) groups is 1. The normalized spacial score (nSPS) is 20.5. The minimum atomic E-state index is -4.28. The third-order valence-corrected chi connectivity index (χ3v) is 6.82. The summed E-state index contributed by atoms with van der Waals surface area (Å²) >= 11 is 0. The molecule has 1 saturated carbocycles. The maximum Gasteiger partial charge on any atom is 0.392 e. The van der Waals surface area contributed by atoms with Gasteiger partial charge in [0.1, 0.15) is 5.84 Å². The lowest BCUT2D eigenvalue weighted by molar-refractivity contribution is -0.138. The van der Waals surface area contributed by atoms with Crippen molar-refractivity contribution < 1.29 is 23.1 Å². The smallest absolute Gasteiger partial charge is 0.392 e. The maximum absolute atomic E-state index is 12.4. The summed E-state index contributed by atoms with van der Waals surface area (Å²) in [4.78, 5) is 15.1. The third kappa shape index (κ3) is 11.9. The number of allylic oxidation sites excluding steroid dienone is 5. The Balaban J connectivity index is 0.00000371. The van der Waals surface area contributed by atoms with Gasteiger partial charge in [-0.05, 0) is 67.6 Å². The first-order valence-electron chi connectivity index (χ1n) is 13.4. The molecule has 1 aromatic carbocycles. The Morgan fingerprint density at radius 3 is 2.26 bits per heavy atom. The van der Waals surface area contributed by atoms with E-state index >= 15 is 0 Å². The van der Waals surface area contributed by atoms with Crippen molar-refractivity contribution in [2.24, 2.45) is 10.9 Å². The molecule has 2 rings (SSSR count). The minimum Gasteiger partial charge on any atom is -0.481 e. The highest BCUT2D eigenvalue weighted by atomic mass is 19.4. The molecule has 0 aliphatic heterocycles. The molecule has 0 radical (unpaired) electrons. The van der Waals surface area contributed by atoms with E-state index in [4.69, 9.17) is 5.11 Å². The van der Waals surface area contributed by atoms with Crippen molar-refractivity contribution in [2.75, 3.05) is 0 Å². The summed E-state index contributed by atoms with van der Waals surface area (Å²) in [6.07, 6.45) is 6.11. The number of nitrogens with zero attached hydrogens (tertiary/aromatic N) is 1. The maximum atomic E-state index is 12.4. The van der Waals surface area contributed by atoms with Crippen molar-refractivity contribution in [3.05, 3.63) is 90.3 Å². The molecule has 1 fully saturated rings. The van der Waals surface area contributed by atoms with E-state index in [-0.39, 0.29) is 17.8 Å². The predicted octanol–water partition coefficient (Wildman–Crippen LogP) is 9.14. The zero-order valence-corrected chi connectivity index (χ0v) is 23.9. The summed E-state index contributed by atoms with van der Waals surface area (Å²) in [6.45, 7) is 18.0. The molecule has 39 heavy (non-hydrogen) atoms. The molecule has 214 valence electrons. The lowest BCUT2D eigenvalue weighted by atomic mass is 9.67. The van der Waals surface area contributed by atoms with Crippen LogP contribution in [0.25, 0.3) is 5.57 Å². The molecule has 0 spiro atoms. The van der Waals surface area contributed by atoms with Gasteiger partial charge < -0.3 is 10.4 Å². The Morgan fingerprint density at radius 1 is 1.15 bits per heavy atom. The molecule has 1 aromatic rings. The highest BCUT2D eigenvalue weighted by Gasteiger charge is 2.33. The van der Waals surface area contributed by atoms with Gasteiger partial charge in [-0.3, -0.25) is 4.79 Å². The van der Waals surface area contributed by atoms with Crippen molar-refractivity contribution in [1.29, 1.82) is 0 Å². The Bertz CT molecular complexity index is 1090. The molecule has 0 aromatic heterocycles. The molecule has 1 aliphatic rings. The Hall–Kier alpha value is -3.35. The fraction of sp³-hybridized carbons (Fsp3) is 0.438. The summed E-state index contributed by atoms with van der Waals surface area (Å²) in [5, 5.41) is 12.1. The van der Waals surface area contributed by atoms with Crippen LogP contribution in [0.1, 0.15) is 84.3 Å². The molecular weight excluding hydrogens is 501 g/mol. The van der Waals surface area contributed by atoms with E-state index in [2.05, 4.69) is 42.5 Å². The number of amidine groups is 1. The van der Waals surface area contributed by atoms with Gasteiger partial charge in [-0.1, -0.05) is 82.5 Å². The van der Waals surface area contributed by atoms with E-state index in [9.17, 15) is 18.0 Å². The van der Waals surface area contributed by atoms with Crippen LogP contribution in [-0.4, -0.2) is 23.1 Å². The average molecular weight is 545 g/mol. The fourth-order valence-corrected chi connectivity index (χ4v) is 4.29. The number of benzene rings is 1. The van der Waals surface area contributed by atoms with Crippen molar-refractivity contribution >= 4 is 17.4 Å². The molecular formula is C32H43F3N2O2. The SMILES string of the molecule is C=C(/C=C\C(=C)c1ccc(C2(C)CCC(CC(=O)O)CC2)cc1)C(=N/C=C/CC(F)(F)F)N/C(C)=C/C.CC. The van der Waals surface area contributed by atoms with E-state index in [1.54, 1.807) is 12.2 Å². The number of alkyl halides is 3. The number of rotatable bonds is 10. The first-order chi connectivity index (χ1) is 18.3. The van der Waals surface area contributed by atoms with Crippen LogP contribution in [0.15, 0.2) is 84.2 Å². The number of carboxylic acid groups (broad SMARTS) is 1. The number of aliphatic carboxylic acids is 1. The van der Waals surface area contributed by atoms with Crippen LogP contribution in [0.3, 0.4) is 0 Å². The second kappa shape index (κ2) is 15.9. The predicted molar refractivity (Wildman–Crippen MR) is 156 cm³/mol. The molecule has 0 atom stereocenters. The van der Waals surface area contributed by atoms with Gasteiger partial charge in [-0.15, -0.1) is 0 Å². The molecule has 7 heteroatoms. The van der Waals surface area contributed by atoms with Gasteiger partial charge in [0.05, 0.1) is 6.42 Å². The van der Waals surface area contributed by atoms with E-state index in [0.717, 1.165) is 54.8 Å². The van der Waals surface area contributed by atoms with Crippen LogP contribution in [0, 0.1) is 5.92 Å². The van der Waals surface area contributed by atoms with E-state index in [1.807, 2.05) is 45.9 Å². The lowest BCUT2D eigenvalue weighted by Crippen LogP contribution is -2.29. The molecule has 0 amide bonds. The minimum absolute atomic E-state index is 0.0281. The van der Waals surface area contributed by atoms with Gasteiger partial charge in [-0.25, -0.2) is 4.99 Å². The largest absolute Gasteiger partial charge is 0.481 e. The molecule has 4 nitrogen and oxygen atoms in total. The topological polar surface area (TPSA) is 61.7 Å². The van der Waals surface area contributed by atoms with E-state index in [0.29, 0.717) is 11.4 Å². The molecule has 0 saturated heterocycles. The summed E-state index contributed by atoms with van der Waals surface area (Å²) in [5.41, 5.74) is 4.26. The summed E-state index contributed by atoms with van der Waals surface area (Å²) in [6, 6.07) is 8.26. The first kappa shape index (κ1) is 33.7. The second-order valence-electron chi connectivity index (χ2n) is 9.84. The standard InChI is InChI=1S/C30H37F3N2O2.C2H6/c1-6-23(4)35-28(34-19-7-16-30(31,32)33)22(3)9-8-21(2)25-10-12-26(13-11-25)29(5)17-14-24(15-18-29)20-27(36)37;1-2/h6-13,19,24H,2-3,14-18,20H2,1,4-5H3,(H,34,35)(H,36,37);1-2H3/b9-8-,19-7+,23-6+;. The Kier molecular flexibility index (Phi) is 13.7. The van der Waals surface area contributed by atoms with Crippen LogP contribution >= 0.6 is 0 Å². The number of nitrogens with one attached hydrogen (secondary N) is 1. The zero-order chi connectivity index (χ0) is 29.6. The van der Waals surface area contributed by atoms with Gasteiger partial charge in [0, 0.05) is 23.9 Å². The van der Waals surface area contributed by atoms with Gasteiger partial charge in [0.2, 0.25) is 0 Å². The van der Waals surface area contributed by atoms with Crippen LogP contribution in [0.2, 0.25) is 0 Å². The Labute approximate surface area is 231 Å². The summed E-state index contributed by atoms with van der Waals surface area (Å²) in [7, 11) is 0. The molecule has 0 unspecified atom stereocenters. The van der Waals surface area contributed by atoms with Crippen LogP contribution < -0.4 is 5.32 Å². The lowest BCUT2D eigenvalue weighted by Gasteiger charge is -2.37. The molecule has 1 aliphatic carbocycles. The number of hydrogen-bond donors (Lipinski definition) is 2. The number of carbonyl (C=O) groups is 1. The number of hydrogen-bond acceptors (Lipinski definition) is 2. The van der Waals surface area contributed by atoms with Crippen molar-refractivity contribution in [1.82, 2.24) is 5.32 Å². The van der Waals surface area contributed by atoms with Crippen molar-refractivity contribution in [3.8, 4) is 0 Å². The average Bonchev–Trinajstić information content (AvgIpc) is 2.90. The van der Waals surface area contributed by atoms with E-state index in [1.165, 1.54) is 5.56 Å².